The second-order valence-electron chi connectivity index (χ2n) is 8.33. The van der Waals surface area contributed by atoms with Gasteiger partial charge in [0, 0.05) is 23.5 Å². The van der Waals surface area contributed by atoms with E-state index in [4.69, 9.17) is 10.5 Å². The first-order valence-corrected chi connectivity index (χ1v) is 11.0. The van der Waals surface area contributed by atoms with E-state index in [1.807, 2.05) is 41.8 Å². The van der Waals surface area contributed by atoms with E-state index in [2.05, 4.69) is 26.3 Å². The minimum atomic E-state index is -0.304. The number of methoxy groups -OCH3 is 1. The minimum absolute atomic E-state index is 0.0511. The number of ether oxygens (including phenoxy) is 1. The number of benzene rings is 1. The van der Waals surface area contributed by atoms with Gasteiger partial charge in [-0.3, -0.25) is 9.78 Å². The van der Waals surface area contributed by atoms with Crippen molar-refractivity contribution in [2.45, 2.75) is 31.8 Å². The van der Waals surface area contributed by atoms with Gasteiger partial charge in [0.2, 0.25) is 5.95 Å². The zero-order valence-electron chi connectivity index (χ0n) is 18.8. The van der Waals surface area contributed by atoms with Gasteiger partial charge in [-0.1, -0.05) is 18.2 Å². The van der Waals surface area contributed by atoms with Gasteiger partial charge in [-0.25, -0.2) is 4.98 Å². The van der Waals surface area contributed by atoms with Gasteiger partial charge >= 0.3 is 0 Å². The summed E-state index contributed by atoms with van der Waals surface area (Å²) in [5.41, 5.74) is 8.42. The molecule has 9 heteroatoms. The first kappa shape index (κ1) is 21.4. The van der Waals surface area contributed by atoms with Crippen LogP contribution in [0.5, 0.6) is 5.75 Å². The summed E-state index contributed by atoms with van der Waals surface area (Å²) >= 11 is 0. The molecule has 1 aromatic carbocycles. The van der Waals surface area contributed by atoms with Crippen LogP contribution in [-0.2, 0) is 0 Å². The number of nitrogen functional groups attached to an aromatic ring is 1. The number of rotatable bonds is 6. The monoisotopic (exact) mass is 453 g/mol. The number of nitrogens with two attached hydrogens (primary N) is 1. The van der Waals surface area contributed by atoms with Gasteiger partial charge < -0.3 is 20.4 Å². The van der Waals surface area contributed by atoms with Crippen molar-refractivity contribution in [3.63, 3.8) is 0 Å². The molecule has 1 atom stereocenters. The second-order valence-corrected chi connectivity index (χ2v) is 8.33. The summed E-state index contributed by atoms with van der Waals surface area (Å²) in [6, 6.07) is 11.6. The van der Waals surface area contributed by atoms with E-state index in [1.165, 1.54) is 6.20 Å². The van der Waals surface area contributed by atoms with Crippen molar-refractivity contribution < 1.29 is 4.74 Å². The quantitative estimate of drug-likeness (QED) is 0.450. The smallest absolute Gasteiger partial charge is 0.259 e. The predicted octanol–water partition coefficient (Wildman–Crippen LogP) is 3.82. The average Bonchev–Trinajstić information content (AvgIpc) is 3.69. The molecule has 1 saturated carbocycles. The number of pyridine rings is 2. The Bertz CT molecular complexity index is 1500. The van der Waals surface area contributed by atoms with E-state index in [0.717, 1.165) is 35.0 Å². The number of nitriles is 1. The number of aromatic nitrogens is 4. The Balaban J connectivity index is 1.66. The third-order valence-electron chi connectivity index (χ3n) is 6.01. The largest absolute Gasteiger partial charge is 0.495 e. The molecule has 0 bridgehead atoms. The minimum Gasteiger partial charge on any atom is -0.495 e. The van der Waals surface area contributed by atoms with Crippen LogP contribution in [0.3, 0.4) is 0 Å². The van der Waals surface area contributed by atoms with Crippen LogP contribution in [0.1, 0.15) is 43.1 Å². The third kappa shape index (κ3) is 3.79. The van der Waals surface area contributed by atoms with Crippen LogP contribution < -0.4 is 21.3 Å². The van der Waals surface area contributed by atoms with Gasteiger partial charge in [0.15, 0.2) is 0 Å². The SMILES string of the molecule is COc1cncc(-c2cccc3cc(C(C)Nc4nc(N)ncc4C#N)n(C4CC4)c(=O)c23)c1. The highest BCUT2D eigenvalue weighted by atomic mass is 16.5. The summed E-state index contributed by atoms with van der Waals surface area (Å²) in [6.45, 7) is 1.94. The number of hydrogen-bond donors (Lipinski definition) is 2. The van der Waals surface area contributed by atoms with E-state index in [9.17, 15) is 10.1 Å². The fourth-order valence-corrected chi connectivity index (χ4v) is 4.22. The molecule has 4 aromatic rings. The molecule has 0 amide bonds. The van der Waals surface area contributed by atoms with E-state index in [0.29, 0.717) is 17.0 Å². The zero-order chi connectivity index (χ0) is 23.8. The molecule has 0 spiro atoms. The van der Waals surface area contributed by atoms with Crippen molar-refractivity contribution in [3.8, 4) is 22.9 Å². The highest BCUT2D eigenvalue weighted by Crippen LogP contribution is 2.38. The summed E-state index contributed by atoms with van der Waals surface area (Å²) in [6.07, 6.45) is 6.65. The predicted molar refractivity (Wildman–Crippen MR) is 129 cm³/mol. The maximum Gasteiger partial charge on any atom is 0.259 e. The lowest BCUT2D eigenvalue weighted by molar-refractivity contribution is 0.413. The number of hydrogen-bond acceptors (Lipinski definition) is 8. The molecular weight excluding hydrogens is 430 g/mol. The fraction of sp³-hybridized carbons (Fsp3) is 0.240. The Morgan fingerprint density at radius 3 is 2.82 bits per heavy atom. The second kappa shape index (κ2) is 8.48. The van der Waals surface area contributed by atoms with Crippen molar-refractivity contribution in [3.05, 3.63) is 70.5 Å². The summed E-state index contributed by atoms with van der Waals surface area (Å²) in [4.78, 5) is 26.2. The fourth-order valence-electron chi connectivity index (χ4n) is 4.22. The van der Waals surface area contributed by atoms with Crippen LogP contribution in [0.2, 0.25) is 0 Å². The molecule has 1 fully saturated rings. The van der Waals surface area contributed by atoms with Crippen LogP contribution in [0.15, 0.2) is 53.7 Å². The molecule has 5 rings (SSSR count). The van der Waals surface area contributed by atoms with Gasteiger partial charge in [-0.05, 0) is 42.8 Å². The molecule has 1 unspecified atom stereocenters. The van der Waals surface area contributed by atoms with Crippen LogP contribution in [-0.4, -0.2) is 26.6 Å². The molecule has 34 heavy (non-hydrogen) atoms. The molecular formula is C25H23N7O2. The Morgan fingerprint density at radius 1 is 1.26 bits per heavy atom. The third-order valence-corrected chi connectivity index (χ3v) is 6.01. The Morgan fingerprint density at radius 2 is 2.09 bits per heavy atom. The molecule has 170 valence electrons. The standard InChI is InChI=1S/C25H23N7O2/c1-14(30-23-17(10-26)12-29-25(27)31-23)21-9-15-4-3-5-20(16-8-19(34-2)13-28-11-16)22(15)24(33)32(21)18-6-7-18/h3-5,8-9,11-14,18H,6-7H2,1-2H3,(H3,27,29,30,31). The molecule has 0 radical (unpaired) electrons. The molecule has 0 saturated heterocycles. The van der Waals surface area contributed by atoms with Crippen molar-refractivity contribution >= 4 is 22.5 Å². The first-order chi connectivity index (χ1) is 16.5. The van der Waals surface area contributed by atoms with E-state index >= 15 is 0 Å². The summed E-state index contributed by atoms with van der Waals surface area (Å²) in [5.74, 6) is 1.04. The van der Waals surface area contributed by atoms with Crippen molar-refractivity contribution in [2.24, 2.45) is 0 Å². The van der Waals surface area contributed by atoms with Crippen molar-refractivity contribution in [1.29, 1.82) is 5.26 Å². The number of anilines is 2. The highest BCUT2D eigenvalue weighted by Gasteiger charge is 2.30. The lowest BCUT2D eigenvalue weighted by Crippen LogP contribution is -2.26. The summed E-state index contributed by atoms with van der Waals surface area (Å²) in [7, 11) is 1.59. The lowest BCUT2D eigenvalue weighted by atomic mass is 9.99. The van der Waals surface area contributed by atoms with Crippen LogP contribution in [0.25, 0.3) is 21.9 Å². The van der Waals surface area contributed by atoms with Crippen LogP contribution in [0.4, 0.5) is 11.8 Å². The van der Waals surface area contributed by atoms with Gasteiger partial charge in [-0.2, -0.15) is 10.2 Å². The number of nitrogens with one attached hydrogen (secondary N) is 1. The maximum absolute atomic E-state index is 13.9. The van der Waals surface area contributed by atoms with Crippen LogP contribution >= 0.6 is 0 Å². The van der Waals surface area contributed by atoms with Gasteiger partial charge in [-0.15, -0.1) is 0 Å². The Kier molecular flexibility index (Phi) is 5.34. The Hall–Kier alpha value is -4.45. The molecule has 3 heterocycles. The summed E-state index contributed by atoms with van der Waals surface area (Å²) in [5, 5.41) is 14.2. The van der Waals surface area contributed by atoms with E-state index in [1.54, 1.807) is 19.5 Å². The highest BCUT2D eigenvalue weighted by molar-refractivity contribution is 5.96. The normalized spacial score (nSPS) is 13.9. The topological polar surface area (TPSA) is 132 Å². The lowest BCUT2D eigenvalue weighted by Gasteiger charge is -2.22. The first-order valence-electron chi connectivity index (χ1n) is 11.0. The van der Waals surface area contributed by atoms with E-state index < -0.39 is 0 Å². The van der Waals surface area contributed by atoms with Gasteiger partial charge in [0.25, 0.3) is 5.56 Å². The molecule has 1 aliphatic carbocycles. The molecule has 3 aromatic heterocycles. The number of nitrogens with zero attached hydrogens (tertiary/aromatic N) is 5. The van der Waals surface area contributed by atoms with E-state index in [-0.39, 0.29) is 29.2 Å². The molecule has 0 aliphatic heterocycles. The maximum atomic E-state index is 13.9. The molecule has 1 aliphatic rings. The molecule has 9 nitrogen and oxygen atoms in total. The Labute approximate surface area is 195 Å². The zero-order valence-corrected chi connectivity index (χ0v) is 18.8. The van der Waals surface area contributed by atoms with Crippen molar-refractivity contribution in [2.75, 3.05) is 18.2 Å². The summed E-state index contributed by atoms with van der Waals surface area (Å²) < 4.78 is 7.20. The van der Waals surface area contributed by atoms with Crippen molar-refractivity contribution in [1.82, 2.24) is 19.5 Å². The van der Waals surface area contributed by atoms with Gasteiger partial charge in [0.05, 0.1) is 30.9 Å². The average molecular weight is 454 g/mol. The van der Waals surface area contributed by atoms with Crippen LogP contribution in [0, 0.1) is 11.3 Å². The van der Waals surface area contributed by atoms with Gasteiger partial charge in [0.1, 0.15) is 23.2 Å². The molecule has 3 N–H and O–H groups in total. The number of fused-ring (bicyclic) bond motifs is 1.